The molecule has 1 saturated heterocycles. The molecule has 2 heterocycles. The Morgan fingerprint density at radius 3 is 2.58 bits per heavy atom. The van der Waals surface area contributed by atoms with Crippen molar-refractivity contribution in [1.82, 2.24) is 10.2 Å². The summed E-state index contributed by atoms with van der Waals surface area (Å²) >= 11 is 0. The second-order valence-electron chi connectivity index (χ2n) is 8.80. The molecular weight excluding hydrogens is 410 g/mol. The highest BCUT2D eigenvalue weighted by Crippen LogP contribution is 2.30. The van der Waals surface area contributed by atoms with Crippen LogP contribution in [-0.4, -0.2) is 51.2 Å². The number of rotatable bonds is 5. The number of nitrogens with zero attached hydrogens (tertiary/aromatic N) is 2. The maximum atomic E-state index is 12.8. The molecule has 2 aromatic carbocycles. The second kappa shape index (κ2) is 9.01. The average Bonchev–Trinajstić information content (AvgIpc) is 2.73. The van der Waals surface area contributed by atoms with E-state index in [-0.39, 0.29) is 11.9 Å². The summed E-state index contributed by atoms with van der Waals surface area (Å²) < 4.78 is 25.5. The van der Waals surface area contributed by atoms with Crippen LogP contribution in [-0.2, 0) is 23.0 Å². The van der Waals surface area contributed by atoms with Crippen molar-refractivity contribution in [1.29, 1.82) is 0 Å². The molecule has 0 radical (unpaired) electrons. The van der Waals surface area contributed by atoms with E-state index in [4.69, 9.17) is 0 Å². The molecule has 1 amide bonds. The maximum Gasteiger partial charge on any atom is 0.251 e. The Bertz CT molecular complexity index is 1060. The van der Waals surface area contributed by atoms with Gasteiger partial charge < -0.3 is 5.32 Å². The topological polar surface area (TPSA) is 69.7 Å². The molecule has 0 aromatic heterocycles. The van der Waals surface area contributed by atoms with Crippen LogP contribution in [0.25, 0.3) is 0 Å². The first kappa shape index (κ1) is 21.8. The average molecular weight is 442 g/mol. The molecule has 0 atom stereocenters. The Hall–Kier alpha value is -2.38. The number of amides is 1. The normalized spacial score (nSPS) is 17.9. The Balaban J connectivity index is 1.34. The molecule has 6 nitrogen and oxygen atoms in total. The minimum atomic E-state index is -3.30. The summed E-state index contributed by atoms with van der Waals surface area (Å²) in [7, 11) is -3.30. The van der Waals surface area contributed by atoms with Crippen LogP contribution in [0, 0.1) is 6.92 Å². The second-order valence-corrected chi connectivity index (χ2v) is 10.7. The predicted octanol–water partition coefficient (Wildman–Crippen LogP) is 3.10. The Kier molecular flexibility index (Phi) is 6.34. The molecule has 31 heavy (non-hydrogen) atoms. The van der Waals surface area contributed by atoms with Crippen LogP contribution in [0.2, 0.25) is 0 Å². The Labute approximate surface area is 185 Å². The summed E-state index contributed by atoms with van der Waals surface area (Å²) in [6, 6.07) is 14.2. The van der Waals surface area contributed by atoms with Crippen LogP contribution in [0.4, 0.5) is 5.69 Å². The molecule has 0 saturated carbocycles. The quantitative estimate of drug-likeness (QED) is 0.774. The number of anilines is 1. The highest BCUT2D eigenvalue weighted by molar-refractivity contribution is 7.92. The summed E-state index contributed by atoms with van der Waals surface area (Å²) in [6.07, 6.45) is 4.66. The van der Waals surface area contributed by atoms with E-state index in [2.05, 4.69) is 41.4 Å². The molecular formula is C24H31N3O3S. The molecule has 2 aliphatic heterocycles. The van der Waals surface area contributed by atoms with Gasteiger partial charge in [-0.05, 0) is 61.9 Å². The highest BCUT2D eigenvalue weighted by Gasteiger charge is 2.26. The molecule has 2 aliphatic rings. The monoisotopic (exact) mass is 441 g/mol. The molecule has 0 spiro atoms. The van der Waals surface area contributed by atoms with Gasteiger partial charge in [0.1, 0.15) is 0 Å². The number of hydrogen-bond donors (Lipinski definition) is 1. The molecule has 7 heteroatoms. The zero-order valence-corrected chi connectivity index (χ0v) is 19.1. The van der Waals surface area contributed by atoms with Crippen molar-refractivity contribution in [2.24, 2.45) is 0 Å². The summed E-state index contributed by atoms with van der Waals surface area (Å²) in [4.78, 5) is 15.3. The van der Waals surface area contributed by atoms with Crippen LogP contribution in [0.15, 0.2) is 42.5 Å². The van der Waals surface area contributed by atoms with E-state index in [1.807, 2.05) is 6.07 Å². The van der Waals surface area contributed by atoms with E-state index in [0.717, 1.165) is 50.9 Å². The van der Waals surface area contributed by atoms with Crippen LogP contribution in [0.1, 0.15) is 46.3 Å². The number of fused-ring (bicyclic) bond motifs is 1. The fourth-order valence-corrected chi connectivity index (χ4v) is 5.62. The lowest BCUT2D eigenvalue weighted by Crippen LogP contribution is -2.44. The fraction of sp³-hybridized carbons (Fsp3) is 0.458. The largest absolute Gasteiger partial charge is 0.349 e. The van der Waals surface area contributed by atoms with Crippen molar-refractivity contribution in [3.05, 3.63) is 64.7 Å². The van der Waals surface area contributed by atoms with Gasteiger partial charge >= 0.3 is 0 Å². The minimum Gasteiger partial charge on any atom is -0.349 e. The molecule has 166 valence electrons. The molecule has 1 fully saturated rings. The first-order chi connectivity index (χ1) is 14.8. The number of piperidine rings is 1. The van der Waals surface area contributed by atoms with Crippen molar-refractivity contribution in [2.75, 3.05) is 30.2 Å². The fourth-order valence-electron chi connectivity index (χ4n) is 4.62. The van der Waals surface area contributed by atoms with Crippen molar-refractivity contribution < 1.29 is 13.2 Å². The van der Waals surface area contributed by atoms with Crippen molar-refractivity contribution in [3.8, 4) is 0 Å². The van der Waals surface area contributed by atoms with E-state index in [0.29, 0.717) is 17.8 Å². The molecule has 0 bridgehead atoms. The number of likely N-dealkylation sites (tertiary alicyclic amines) is 1. The van der Waals surface area contributed by atoms with Gasteiger partial charge in [0.05, 0.1) is 11.9 Å². The van der Waals surface area contributed by atoms with Gasteiger partial charge in [-0.15, -0.1) is 0 Å². The molecule has 1 N–H and O–H groups in total. The number of carbonyl (C=O) groups excluding carboxylic acids is 1. The standard InChI is InChI=1S/C24H31N3O3S/c1-18-5-3-6-19(15-18)17-26-13-10-22(11-14-26)25-24(28)21-8-9-23-20(16-21)7-4-12-27(23)31(2,29)30/h3,5-6,8-9,15-16,22H,4,7,10-14,17H2,1-2H3,(H,25,28). The SMILES string of the molecule is Cc1cccc(CN2CCC(NC(=O)c3ccc4c(c3)CCCN4S(C)(=O)=O)CC2)c1. The minimum absolute atomic E-state index is 0.0728. The van der Waals surface area contributed by atoms with Gasteiger partial charge in [-0.1, -0.05) is 29.8 Å². The van der Waals surface area contributed by atoms with Crippen LogP contribution < -0.4 is 9.62 Å². The molecule has 2 aromatic rings. The zero-order valence-electron chi connectivity index (χ0n) is 18.3. The first-order valence-electron chi connectivity index (χ1n) is 11.0. The first-order valence-corrected chi connectivity index (χ1v) is 12.8. The number of nitrogens with one attached hydrogen (secondary N) is 1. The van der Waals surface area contributed by atoms with Gasteiger partial charge in [-0.2, -0.15) is 0 Å². The predicted molar refractivity (Wildman–Crippen MR) is 124 cm³/mol. The number of carbonyl (C=O) groups is 1. The summed E-state index contributed by atoms with van der Waals surface area (Å²) in [6.45, 7) is 5.49. The van der Waals surface area contributed by atoms with Gasteiger partial charge in [-0.3, -0.25) is 14.0 Å². The summed E-state index contributed by atoms with van der Waals surface area (Å²) in [5.41, 5.74) is 4.85. The zero-order chi connectivity index (χ0) is 22.0. The van der Waals surface area contributed by atoms with Crippen LogP contribution in [0.3, 0.4) is 0 Å². The van der Waals surface area contributed by atoms with E-state index < -0.39 is 10.0 Å². The number of sulfonamides is 1. The number of aryl methyl sites for hydroxylation is 2. The number of hydrogen-bond acceptors (Lipinski definition) is 4. The third-order valence-electron chi connectivity index (χ3n) is 6.23. The smallest absolute Gasteiger partial charge is 0.251 e. The van der Waals surface area contributed by atoms with Crippen molar-refractivity contribution in [2.45, 2.75) is 45.2 Å². The van der Waals surface area contributed by atoms with Gasteiger partial charge in [0, 0.05) is 37.8 Å². The van der Waals surface area contributed by atoms with E-state index in [1.54, 1.807) is 12.1 Å². The van der Waals surface area contributed by atoms with Crippen molar-refractivity contribution in [3.63, 3.8) is 0 Å². The van der Waals surface area contributed by atoms with Gasteiger partial charge in [-0.25, -0.2) is 8.42 Å². The van der Waals surface area contributed by atoms with E-state index in [1.165, 1.54) is 21.7 Å². The van der Waals surface area contributed by atoms with Gasteiger partial charge in [0.15, 0.2) is 0 Å². The molecule has 0 unspecified atom stereocenters. The van der Waals surface area contributed by atoms with E-state index in [9.17, 15) is 13.2 Å². The summed E-state index contributed by atoms with van der Waals surface area (Å²) in [5, 5.41) is 3.18. The van der Waals surface area contributed by atoms with Gasteiger partial charge in [0.2, 0.25) is 10.0 Å². The lowest BCUT2D eigenvalue weighted by Gasteiger charge is -2.32. The lowest BCUT2D eigenvalue weighted by atomic mass is 9.99. The maximum absolute atomic E-state index is 12.8. The highest BCUT2D eigenvalue weighted by atomic mass is 32.2. The molecule has 4 rings (SSSR count). The van der Waals surface area contributed by atoms with Crippen molar-refractivity contribution >= 4 is 21.6 Å². The Morgan fingerprint density at radius 2 is 1.87 bits per heavy atom. The number of benzene rings is 2. The van der Waals surface area contributed by atoms with Crippen LogP contribution >= 0.6 is 0 Å². The Morgan fingerprint density at radius 1 is 1.10 bits per heavy atom. The third kappa shape index (κ3) is 5.28. The molecule has 0 aliphatic carbocycles. The van der Waals surface area contributed by atoms with Gasteiger partial charge in [0.25, 0.3) is 5.91 Å². The summed E-state index contributed by atoms with van der Waals surface area (Å²) in [5.74, 6) is -0.0728. The third-order valence-corrected chi connectivity index (χ3v) is 7.41. The van der Waals surface area contributed by atoms with E-state index >= 15 is 0 Å². The lowest BCUT2D eigenvalue weighted by molar-refractivity contribution is 0.0909. The van der Waals surface area contributed by atoms with Crippen LogP contribution in [0.5, 0.6) is 0 Å².